The van der Waals surface area contributed by atoms with E-state index in [4.69, 9.17) is 0 Å². The first kappa shape index (κ1) is 21.9. The highest BCUT2D eigenvalue weighted by Gasteiger charge is 2.25. The van der Waals surface area contributed by atoms with Gasteiger partial charge in [0.1, 0.15) is 0 Å². The Balaban J connectivity index is 0.00000312. The molecule has 0 unspecified atom stereocenters. The second-order valence-electron chi connectivity index (χ2n) is 6.10. The van der Waals surface area contributed by atoms with Crippen LogP contribution in [0.3, 0.4) is 0 Å². The van der Waals surface area contributed by atoms with Crippen LogP contribution in [0.15, 0.2) is 29.2 Å². The van der Waals surface area contributed by atoms with Gasteiger partial charge in [-0.25, -0.2) is 8.42 Å². The second kappa shape index (κ2) is 10.8. The number of amides is 1. The summed E-state index contributed by atoms with van der Waals surface area (Å²) in [6.07, 6.45) is 4.17. The third-order valence-electron chi connectivity index (χ3n) is 4.17. The minimum absolute atomic E-state index is 0. The molecule has 1 amide bonds. The lowest BCUT2D eigenvalue weighted by Gasteiger charge is -2.26. The van der Waals surface area contributed by atoms with Crippen molar-refractivity contribution >= 4 is 28.3 Å². The Hall–Kier alpha value is -1.15. The second-order valence-corrected chi connectivity index (χ2v) is 8.03. The van der Waals surface area contributed by atoms with Crippen LogP contribution < -0.4 is 10.6 Å². The molecule has 1 heterocycles. The van der Waals surface area contributed by atoms with Gasteiger partial charge in [-0.2, -0.15) is 4.31 Å². The van der Waals surface area contributed by atoms with Crippen LogP contribution >= 0.6 is 12.4 Å². The quantitative estimate of drug-likeness (QED) is 0.665. The van der Waals surface area contributed by atoms with Crippen molar-refractivity contribution in [2.24, 2.45) is 0 Å². The number of carbonyl (C=O) groups is 1. The van der Waals surface area contributed by atoms with Gasteiger partial charge in [0, 0.05) is 26.1 Å². The Kier molecular flexibility index (Phi) is 9.42. The number of halogens is 1. The van der Waals surface area contributed by atoms with E-state index in [0.29, 0.717) is 31.0 Å². The zero-order chi connectivity index (χ0) is 17.4. The maximum Gasteiger partial charge on any atom is 0.243 e. The first-order valence-electron chi connectivity index (χ1n) is 8.54. The fourth-order valence-corrected chi connectivity index (χ4v) is 4.37. The first-order chi connectivity index (χ1) is 11.5. The molecule has 2 rings (SSSR count). The van der Waals surface area contributed by atoms with Crippen molar-refractivity contribution in [2.75, 3.05) is 26.7 Å². The molecule has 0 radical (unpaired) electrons. The third kappa shape index (κ3) is 6.58. The fraction of sp³-hybridized carbons (Fsp3) is 0.588. The van der Waals surface area contributed by atoms with Crippen LogP contribution in [-0.4, -0.2) is 45.3 Å². The van der Waals surface area contributed by atoms with Crippen molar-refractivity contribution in [1.29, 1.82) is 0 Å². The number of carbonyl (C=O) groups excluding carboxylic acids is 1. The maximum atomic E-state index is 12.7. The van der Waals surface area contributed by atoms with Gasteiger partial charge in [-0.05, 0) is 50.6 Å². The highest BCUT2D eigenvalue weighted by molar-refractivity contribution is 7.89. The molecule has 1 fully saturated rings. The molecule has 6 nitrogen and oxygen atoms in total. The van der Waals surface area contributed by atoms with Gasteiger partial charge in [0.05, 0.1) is 4.90 Å². The molecule has 0 aromatic heterocycles. The Bertz CT molecular complexity index is 646. The van der Waals surface area contributed by atoms with Gasteiger partial charge in [-0.1, -0.05) is 18.6 Å². The van der Waals surface area contributed by atoms with Gasteiger partial charge < -0.3 is 10.6 Å². The molecule has 0 aliphatic carbocycles. The van der Waals surface area contributed by atoms with E-state index in [0.717, 1.165) is 37.8 Å². The minimum Gasteiger partial charge on any atom is -0.352 e. The number of benzene rings is 1. The summed E-state index contributed by atoms with van der Waals surface area (Å²) in [5.74, 6) is -0.0189. The van der Waals surface area contributed by atoms with E-state index in [2.05, 4.69) is 10.6 Å². The molecule has 0 spiro atoms. The van der Waals surface area contributed by atoms with Crippen molar-refractivity contribution < 1.29 is 13.2 Å². The van der Waals surface area contributed by atoms with E-state index in [1.54, 1.807) is 22.5 Å². The van der Waals surface area contributed by atoms with Crippen LogP contribution in [0.25, 0.3) is 0 Å². The molecular weight excluding hydrogens is 362 g/mol. The van der Waals surface area contributed by atoms with Crippen LogP contribution in [0.1, 0.15) is 37.7 Å². The van der Waals surface area contributed by atoms with Crippen LogP contribution in [0.4, 0.5) is 0 Å². The summed E-state index contributed by atoms with van der Waals surface area (Å²) in [5, 5.41) is 5.84. The van der Waals surface area contributed by atoms with Gasteiger partial charge in [0.2, 0.25) is 15.9 Å². The van der Waals surface area contributed by atoms with Gasteiger partial charge in [0.25, 0.3) is 0 Å². The molecule has 142 valence electrons. The SMILES string of the molecule is CNCCCC(=O)NCc1cccc(S(=O)(=O)N2CCCCC2)c1.Cl. The Morgan fingerprint density at radius 1 is 1.20 bits per heavy atom. The largest absolute Gasteiger partial charge is 0.352 e. The molecule has 2 N–H and O–H groups in total. The average molecular weight is 390 g/mol. The molecule has 1 saturated heterocycles. The molecule has 25 heavy (non-hydrogen) atoms. The molecular formula is C17H28ClN3O3S. The molecule has 0 bridgehead atoms. The summed E-state index contributed by atoms with van der Waals surface area (Å²) < 4.78 is 26.9. The molecule has 1 aromatic rings. The van der Waals surface area contributed by atoms with E-state index in [1.807, 2.05) is 13.1 Å². The summed E-state index contributed by atoms with van der Waals surface area (Å²) in [4.78, 5) is 12.1. The smallest absolute Gasteiger partial charge is 0.243 e. The van der Waals surface area contributed by atoms with Gasteiger partial charge in [-0.3, -0.25) is 4.79 Å². The van der Waals surface area contributed by atoms with Crippen molar-refractivity contribution in [3.63, 3.8) is 0 Å². The average Bonchev–Trinajstić information content (AvgIpc) is 2.61. The van der Waals surface area contributed by atoms with E-state index in [9.17, 15) is 13.2 Å². The molecule has 0 saturated carbocycles. The predicted molar refractivity (Wildman–Crippen MR) is 101 cm³/mol. The summed E-state index contributed by atoms with van der Waals surface area (Å²) >= 11 is 0. The van der Waals surface area contributed by atoms with Crippen molar-refractivity contribution in [1.82, 2.24) is 14.9 Å². The molecule has 1 aromatic carbocycles. The summed E-state index contributed by atoms with van der Waals surface area (Å²) in [7, 11) is -1.57. The Morgan fingerprint density at radius 2 is 1.92 bits per heavy atom. The molecule has 1 aliphatic heterocycles. The first-order valence-corrected chi connectivity index (χ1v) is 9.98. The Morgan fingerprint density at radius 3 is 2.60 bits per heavy atom. The summed E-state index contributed by atoms with van der Waals surface area (Å²) in [6, 6.07) is 6.86. The number of rotatable bonds is 8. The monoisotopic (exact) mass is 389 g/mol. The maximum absolute atomic E-state index is 12.7. The summed E-state index contributed by atoms with van der Waals surface area (Å²) in [5.41, 5.74) is 0.801. The lowest BCUT2D eigenvalue weighted by molar-refractivity contribution is -0.121. The Labute approximate surface area is 156 Å². The predicted octanol–water partition coefficient (Wildman–Crippen LogP) is 1.90. The van der Waals surface area contributed by atoms with Gasteiger partial charge in [0.15, 0.2) is 0 Å². The number of nitrogens with one attached hydrogen (secondary N) is 2. The van der Waals surface area contributed by atoms with E-state index >= 15 is 0 Å². The number of sulfonamides is 1. The topological polar surface area (TPSA) is 78.5 Å². The van der Waals surface area contributed by atoms with Crippen LogP contribution in [0, 0.1) is 0 Å². The fourth-order valence-electron chi connectivity index (χ4n) is 2.78. The van der Waals surface area contributed by atoms with Gasteiger partial charge >= 0.3 is 0 Å². The zero-order valence-corrected chi connectivity index (χ0v) is 16.3. The lowest BCUT2D eigenvalue weighted by Crippen LogP contribution is -2.35. The molecule has 0 atom stereocenters. The van der Waals surface area contributed by atoms with Gasteiger partial charge in [-0.15, -0.1) is 12.4 Å². The van der Waals surface area contributed by atoms with E-state index in [1.165, 1.54) is 0 Å². The normalized spacial score (nSPS) is 15.4. The number of hydrogen-bond acceptors (Lipinski definition) is 4. The van der Waals surface area contributed by atoms with Crippen LogP contribution in [-0.2, 0) is 21.4 Å². The molecule has 8 heteroatoms. The highest BCUT2D eigenvalue weighted by atomic mass is 35.5. The highest BCUT2D eigenvalue weighted by Crippen LogP contribution is 2.21. The van der Waals surface area contributed by atoms with Crippen molar-refractivity contribution in [2.45, 2.75) is 43.5 Å². The van der Waals surface area contributed by atoms with Crippen LogP contribution in [0.5, 0.6) is 0 Å². The standard InChI is InChI=1S/C17H27N3O3S.ClH/c1-18-10-6-9-17(21)19-14-15-7-5-8-16(13-15)24(22,23)20-11-3-2-4-12-20;/h5,7-8,13,18H,2-4,6,9-12,14H2,1H3,(H,19,21);1H. The summed E-state index contributed by atoms with van der Waals surface area (Å²) in [6.45, 7) is 2.34. The number of hydrogen-bond donors (Lipinski definition) is 2. The van der Waals surface area contributed by atoms with Crippen molar-refractivity contribution in [3.8, 4) is 0 Å². The lowest BCUT2D eigenvalue weighted by atomic mass is 10.2. The number of piperidine rings is 1. The zero-order valence-electron chi connectivity index (χ0n) is 14.7. The van der Waals surface area contributed by atoms with E-state index in [-0.39, 0.29) is 18.3 Å². The molecule has 1 aliphatic rings. The van der Waals surface area contributed by atoms with Crippen LogP contribution in [0.2, 0.25) is 0 Å². The minimum atomic E-state index is -3.43. The van der Waals surface area contributed by atoms with E-state index < -0.39 is 10.0 Å². The third-order valence-corrected chi connectivity index (χ3v) is 6.07. The van der Waals surface area contributed by atoms with Crippen molar-refractivity contribution in [3.05, 3.63) is 29.8 Å². The number of nitrogens with zero attached hydrogens (tertiary/aromatic N) is 1.